The molecule has 0 bridgehead atoms. The molecule has 2 heterocycles. The van der Waals surface area contributed by atoms with E-state index in [1.165, 1.54) is 4.90 Å². The lowest BCUT2D eigenvalue weighted by molar-refractivity contribution is 0.150. The molecule has 1 N–H and O–H groups in total. The monoisotopic (exact) mass is 293 g/mol. The summed E-state index contributed by atoms with van der Waals surface area (Å²) in [5, 5.41) is 8.91. The van der Waals surface area contributed by atoms with Crippen molar-refractivity contribution in [1.82, 2.24) is 4.90 Å². The molecule has 1 aromatic rings. The second-order valence-corrected chi connectivity index (χ2v) is 7.18. The molecule has 0 unspecified atom stereocenters. The average Bonchev–Trinajstić information content (AvgIpc) is 2.74. The lowest BCUT2D eigenvalue weighted by Gasteiger charge is -2.24. The number of fused-ring (bicyclic) bond motifs is 1. The summed E-state index contributed by atoms with van der Waals surface area (Å²) in [5.74, 6) is 0.192. The fourth-order valence-electron chi connectivity index (χ4n) is 2.74. The summed E-state index contributed by atoms with van der Waals surface area (Å²) in [6.45, 7) is 0.872. The van der Waals surface area contributed by atoms with Crippen LogP contribution in [-0.2, 0) is 16.3 Å². The summed E-state index contributed by atoms with van der Waals surface area (Å²) in [7, 11) is -3.08. The fraction of sp³-hybridized carbons (Fsp3) is 0.357. The number of aryl methyl sites for hydroxylation is 1. The summed E-state index contributed by atoms with van der Waals surface area (Å²) < 4.78 is 23.5. The van der Waals surface area contributed by atoms with Crippen molar-refractivity contribution < 1.29 is 18.3 Å². The number of carbonyl (C=O) groups is 1. The van der Waals surface area contributed by atoms with Crippen LogP contribution in [0.2, 0.25) is 0 Å². The second-order valence-electron chi connectivity index (χ2n) is 5.10. The van der Waals surface area contributed by atoms with Crippen LogP contribution in [0.25, 0.3) is 5.57 Å². The van der Waals surface area contributed by atoms with E-state index in [-0.39, 0.29) is 5.75 Å². The van der Waals surface area contributed by atoms with Crippen molar-refractivity contribution in [3.8, 4) is 0 Å². The number of rotatable bonds is 1. The van der Waals surface area contributed by atoms with Crippen LogP contribution in [0.1, 0.15) is 17.5 Å². The van der Waals surface area contributed by atoms with Gasteiger partial charge in [-0.05, 0) is 35.6 Å². The molecule has 0 atom stereocenters. The number of hydrogen-bond donors (Lipinski definition) is 1. The Labute approximate surface area is 117 Å². The van der Waals surface area contributed by atoms with E-state index in [9.17, 15) is 13.2 Å². The summed E-state index contributed by atoms with van der Waals surface area (Å²) in [6, 6.07) is 5.43. The maximum absolute atomic E-state index is 11.8. The third-order valence-electron chi connectivity index (χ3n) is 3.89. The highest BCUT2D eigenvalue weighted by atomic mass is 32.2. The highest BCUT2D eigenvalue weighted by Gasteiger charge is 2.26. The number of nitrogens with zero attached hydrogens (tertiary/aromatic N) is 1. The first-order chi connectivity index (χ1) is 9.47. The van der Waals surface area contributed by atoms with Gasteiger partial charge in [0, 0.05) is 13.1 Å². The van der Waals surface area contributed by atoms with E-state index in [0.717, 1.165) is 16.7 Å². The number of carboxylic acid groups (broad SMARTS) is 1. The normalized spacial score (nSPS) is 20.4. The highest BCUT2D eigenvalue weighted by molar-refractivity contribution is 7.91. The van der Waals surface area contributed by atoms with Gasteiger partial charge >= 0.3 is 6.09 Å². The van der Waals surface area contributed by atoms with Gasteiger partial charge in [-0.15, -0.1) is 0 Å². The Morgan fingerprint density at radius 1 is 1.25 bits per heavy atom. The van der Waals surface area contributed by atoms with E-state index >= 15 is 0 Å². The average molecular weight is 293 g/mol. The molecule has 0 saturated carbocycles. The van der Waals surface area contributed by atoms with E-state index in [1.54, 1.807) is 6.07 Å². The van der Waals surface area contributed by atoms with Crippen LogP contribution in [0.5, 0.6) is 0 Å². The topological polar surface area (TPSA) is 74.7 Å². The first-order valence-corrected chi connectivity index (χ1v) is 8.15. The maximum atomic E-state index is 11.8. The van der Waals surface area contributed by atoms with Gasteiger partial charge in [-0.25, -0.2) is 13.2 Å². The van der Waals surface area contributed by atoms with Gasteiger partial charge in [-0.2, -0.15) is 0 Å². The third-order valence-corrected chi connectivity index (χ3v) is 5.70. The van der Waals surface area contributed by atoms with E-state index in [0.29, 0.717) is 30.8 Å². The van der Waals surface area contributed by atoms with Gasteiger partial charge in [0.25, 0.3) is 0 Å². The SMILES string of the molecule is O=C(O)N1CC=C(c2ccc3c(c2)CCS3(=O)=O)CC1. The molecule has 0 radical (unpaired) electrons. The van der Waals surface area contributed by atoms with Crippen LogP contribution in [0.15, 0.2) is 29.2 Å². The second kappa shape index (κ2) is 4.63. The van der Waals surface area contributed by atoms with Gasteiger partial charge in [-0.3, -0.25) is 0 Å². The van der Waals surface area contributed by atoms with Gasteiger partial charge in [0.1, 0.15) is 0 Å². The van der Waals surface area contributed by atoms with Crippen molar-refractivity contribution >= 4 is 21.5 Å². The zero-order valence-corrected chi connectivity index (χ0v) is 11.7. The Balaban J connectivity index is 1.89. The van der Waals surface area contributed by atoms with Crippen LogP contribution in [0.4, 0.5) is 4.79 Å². The number of sulfone groups is 1. The van der Waals surface area contributed by atoms with Crippen LogP contribution in [-0.4, -0.2) is 43.4 Å². The van der Waals surface area contributed by atoms with E-state index in [4.69, 9.17) is 5.11 Å². The first-order valence-electron chi connectivity index (χ1n) is 6.50. The molecule has 106 valence electrons. The van der Waals surface area contributed by atoms with Crippen molar-refractivity contribution in [1.29, 1.82) is 0 Å². The lowest BCUT2D eigenvalue weighted by atomic mass is 9.97. The van der Waals surface area contributed by atoms with E-state index in [1.807, 2.05) is 18.2 Å². The molecule has 1 amide bonds. The minimum atomic E-state index is -3.08. The minimum absolute atomic E-state index is 0.192. The standard InChI is InChI=1S/C14H15NO4S/c16-14(17)15-6-3-10(4-7-15)11-1-2-13-12(9-11)5-8-20(13,18)19/h1-3,9H,4-8H2,(H,16,17). The molecular weight excluding hydrogens is 278 g/mol. The predicted molar refractivity (Wildman–Crippen MR) is 74.4 cm³/mol. The van der Waals surface area contributed by atoms with E-state index < -0.39 is 15.9 Å². The Kier molecular flexibility index (Phi) is 3.05. The van der Waals surface area contributed by atoms with Crippen LogP contribution in [0.3, 0.4) is 0 Å². The Morgan fingerprint density at radius 3 is 2.70 bits per heavy atom. The predicted octanol–water partition coefficient (Wildman–Crippen LogP) is 1.78. The fourth-order valence-corrected chi connectivity index (χ4v) is 4.28. The molecule has 0 aromatic heterocycles. The Bertz CT molecular complexity index is 706. The van der Waals surface area contributed by atoms with Crippen molar-refractivity contribution in [2.75, 3.05) is 18.8 Å². The largest absolute Gasteiger partial charge is 0.465 e. The van der Waals surface area contributed by atoms with Gasteiger partial charge in [0.2, 0.25) is 0 Å². The van der Waals surface area contributed by atoms with Crippen LogP contribution < -0.4 is 0 Å². The first kappa shape index (κ1) is 13.2. The Hall–Kier alpha value is -1.82. The number of amides is 1. The van der Waals surface area contributed by atoms with Gasteiger partial charge < -0.3 is 10.0 Å². The molecule has 0 fully saturated rings. The van der Waals surface area contributed by atoms with Gasteiger partial charge in [0.05, 0.1) is 10.6 Å². The summed E-state index contributed by atoms with van der Waals surface area (Å²) in [5.41, 5.74) is 2.98. The maximum Gasteiger partial charge on any atom is 0.407 e. The molecule has 2 aliphatic heterocycles. The summed E-state index contributed by atoms with van der Waals surface area (Å²) in [6.07, 6.45) is 2.24. The lowest BCUT2D eigenvalue weighted by Crippen LogP contribution is -2.33. The Morgan fingerprint density at radius 2 is 2.05 bits per heavy atom. The van der Waals surface area contributed by atoms with Crippen molar-refractivity contribution in [3.05, 3.63) is 35.4 Å². The zero-order valence-electron chi connectivity index (χ0n) is 10.9. The smallest absolute Gasteiger partial charge is 0.407 e. The molecule has 20 heavy (non-hydrogen) atoms. The number of benzene rings is 1. The van der Waals surface area contributed by atoms with E-state index in [2.05, 4.69) is 0 Å². The molecule has 6 heteroatoms. The molecule has 3 rings (SSSR count). The zero-order chi connectivity index (χ0) is 14.3. The van der Waals surface area contributed by atoms with Crippen LogP contribution >= 0.6 is 0 Å². The van der Waals surface area contributed by atoms with Crippen molar-refractivity contribution in [2.24, 2.45) is 0 Å². The van der Waals surface area contributed by atoms with Gasteiger partial charge in [0.15, 0.2) is 9.84 Å². The molecule has 0 saturated heterocycles. The minimum Gasteiger partial charge on any atom is -0.465 e. The number of hydrogen-bond acceptors (Lipinski definition) is 3. The van der Waals surface area contributed by atoms with Gasteiger partial charge in [-0.1, -0.05) is 18.2 Å². The third kappa shape index (κ3) is 2.20. The quantitative estimate of drug-likeness (QED) is 0.856. The highest BCUT2D eigenvalue weighted by Crippen LogP contribution is 2.30. The molecule has 0 spiro atoms. The summed E-state index contributed by atoms with van der Waals surface area (Å²) in [4.78, 5) is 12.7. The molecule has 0 aliphatic carbocycles. The van der Waals surface area contributed by atoms with Crippen LogP contribution in [0, 0.1) is 0 Å². The van der Waals surface area contributed by atoms with Crippen molar-refractivity contribution in [2.45, 2.75) is 17.7 Å². The molecule has 2 aliphatic rings. The molecule has 5 nitrogen and oxygen atoms in total. The summed E-state index contributed by atoms with van der Waals surface area (Å²) >= 11 is 0. The molecule has 1 aromatic carbocycles. The van der Waals surface area contributed by atoms with Crippen molar-refractivity contribution in [3.63, 3.8) is 0 Å². The molecular formula is C14H15NO4S.